The first-order valence-corrected chi connectivity index (χ1v) is 7.21. The van der Waals surface area contributed by atoms with Gasteiger partial charge in [-0.25, -0.2) is 0 Å². The summed E-state index contributed by atoms with van der Waals surface area (Å²) < 4.78 is 35.3. The highest BCUT2D eigenvalue weighted by molar-refractivity contribution is 9.10. The molecule has 1 aliphatic heterocycles. The number of nitrogens with zero attached hydrogens (tertiary/aromatic N) is 2. The molecule has 2 rings (SSSR count). The molecule has 1 unspecified atom stereocenters. The molecule has 1 aromatic heterocycles. The van der Waals surface area contributed by atoms with E-state index in [4.69, 9.17) is 0 Å². The van der Waals surface area contributed by atoms with Crippen molar-refractivity contribution >= 4 is 32.2 Å². The molecular formula is C8H10BrFN4O3S. The normalized spacial score (nSPS) is 21.1. The van der Waals surface area contributed by atoms with Crippen LogP contribution < -0.4 is 5.32 Å². The van der Waals surface area contributed by atoms with Crippen LogP contribution in [0.3, 0.4) is 0 Å². The van der Waals surface area contributed by atoms with Crippen LogP contribution in [0.4, 0.5) is 3.89 Å². The highest BCUT2D eigenvalue weighted by atomic mass is 79.9. The number of halogens is 2. The van der Waals surface area contributed by atoms with Crippen molar-refractivity contribution in [3.63, 3.8) is 0 Å². The van der Waals surface area contributed by atoms with Gasteiger partial charge >= 0.3 is 10.4 Å². The van der Waals surface area contributed by atoms with Gasteiger partial charge in [-0.3, -0.25) is 9.89 Å². The van der Waals surface area contributed by atoms with Crippen LogP contribution in [0.1, 0.15) is 16.9 Å². The van der Waals surface area contributed by atoms with Gasteiger partial charge in [-0.05, 0) is 22.4 Å². The van der Waals surface area contributed by atoms with E-state index in [-0.39, 0.29) is 18.8 Å². The molecule has 1 aromatic rings. The monoisotopic (exact) mass is 340 g/mol. The molecule has 7 nitrogen and oxygen atoms in total. The zero-order valence-corrected chi connectivity index (χ0v) is 11.5. The van der Waals surface area contributed by atoms with Crippen LogP contribution in [0.5, 0.6) is 0 Å². The first kappa shape index (κ1) is 13.4. The molecule has 1 fully saturated rings. The van der Waals surface area contributed by atoms with E-state index in [1.165, 1.54) is 6.07 Å². The maximum absolute atomic E-state index is 12.7. The van der Waals surface area contributed by atoms with Crippen LogP contribution in [0.25, 0.3) is 0 Å². The Bertz CT molecular complexity index is 560. The summed E-state index contributed by atoms with van der Waals surface area (Å²) in [4.78, 5) is 11.7. The van der Waals surface area contributed by atoms with Crippen molar-refractivity contribution < 1.29 is 17.1 Å². The van der Waals surface area contributed by atoms with Crippen molar-refractivity contribution in [2.24, 2.45) is 0 Å². The van der Waals surface area contributed by atoms with Crippen LogP contribution in [0.2, 0.25) is 0 Å². The van der Waals surface area contributed by atoms with Gasteiger partial charge in [0.25, 0.3) is 5.91 Å². The largest absolute Gasteiger partial charge is 0.374 e. The maximum Gasteiger partial charge on any atom is 0.374 e. The number of rotatable bonds is 3. The Morgan fingerprint density at radius 2 is 2.39 bits per heavy atom. The lowest BCUT2D eigenvalue weighted by atomic mass is 10.2. The lowest BCUT2D eigenvalue weighted by molar-refractivity contribution is 0.0934. The molecule has 18 heavy (non-hydrogen) atoms. The van der Waals surface area contributed by atoms with Crippen LogP contribution >= 0.6 is 15.9 Å². The minimum absolute atomic E-state index is 0.0594. The molecule has 0 aliphatic carbocycles. The SMILES string of the molecule is O=C(NC1CCN(S(=O)(=O)F)C1)c1cc(Br)[nH]n1. The molecule has 0 spiro atoms. The number of aromatic amines is 1. The van der Waals surface area contributed by atoms with Crippen molar-refractivity contribution in [2.45, 2.75) is 12.5 Å². The Labute approximate surface area is 111 Å². The number of aromatic nitrogens is 2. The van der Waals surface area contributed by atoms with Gasteiger partial charge in [0.15, 0.2) is 5.69 Å². The smallest absolute Gasteiger partial charge is 0.347 e. The minimum Gasteiger partial charge on any atom is -0.347 e. The summed E-state index contributed by atoms with van der Waals surface area (Å²) in [5.74, 6) is -0.431. The van der Waals surface area contributed by atoms with Gasteiger partial charge in [-0.15, -0.1) is 0 Å². The molecule has 10 heteroatoms. The van der Waals surface area contributed by atoms with Crippen molar-refractivity contribution in [1.82, 2.24) is 19.8 Å². The van der Waals surface area contributed by atoms with Crippen LogP contribution in [0, 0.1) is 0 Å². The van der Waals surface area contributed by atoms with Crippen molar-refractivity contribution in [3.05, 3.63) is 16.4 Å². The Kier molecular flexibility index (Phi) is 3.69. The highest BCUT2D eigenvalue weighted by Crippen LogP contribution is 2.15. The first-order valence-electron chi connectivity index (χ1n) is 5.08. The van der Waals surface area contributed by atoms with Crippen LogP contribution in [0.15, 0.2) is 10.7 Å². The van der Waals surface area contributed by atoms with Crippen molar-refractivity contribution in [2.75, 3.05) is 13.1 Å². The number of hydrogen-bond donors (Lipinski definition) is 2. The summed E-state index contributed by atoms with van der Waals surface area (Å²) in [7, 11) is -4.68. The average molecular weight is 341 g/mol. The molecule has 0 bridgehead atoms. The maximum atomic E-state index is 12.7. The molecule has 2 heterocycles. The van der Waals surface area contributed by atoms with Gasteiger partial charge in [0.1, 0.15) is 4.60 Å². The van der Waals surface area contributed by atoms with Crippen molar-refractivity contribution in [3.8, 4) is 0 Å². The number of hydrogen-bond acceptors (Lipinski definition) is 4. The summed E-state index contributed by atoms with van der Waals surface area (Å²) in [6.07, 6.45) is 0.375. The number of carbonyl (C=O) groups is 1. The molecule has 0 saturated carbocycles. The van der Waals surface area contributed by atoms with Gasteiger partial charge in [0.2, 0.25) is 0 Å². The third-order valence-corrected chi connectivity index (χ3v) is 3.93. The van der Waals surface area contributed by atoms with E-state index in [2.05, 4.69) is 31.4 Å². The number of carbonyl (C=O) groups excluding carboxylic acids is 1. The Hall–Kier alpha value is -1.00. The van der Waals surface area contributed by atoms with E-state index in [9.17, 15) is 17.1 Å². The second-order valence-corrected chi connectivity index (χ2v) is 6.06. The quantitative estimate of drug-likeness (QED) is 0.768. The summed E-state index contributed by atoms with van der Waals surface area (Å²) in [6.45, 7) is 0.00417. The van der Waals surface area contributed by atoms with E-state index in [0.717, 1.165) is 0 Å². The fourth-order valence-electron chi connectivity index (χ4n) is 1.72. The lowest BCUT2D eigenvalue weighted by Crippen LogP contribution is -2.37. The van der Waals surface area contributed by atoms with E-state index >= 15 is 0 Å². The summed E-state index contributed by atoms with van der Waals surface area (Å²) >= 11 is 3.11. The fourth-order valence-corrected chi connectivity index (χ4v) is 2.70. The third-order valence-electron chi connectivity index (χ3n) is 2.57. The van der Waals surface area contributed by atoms with Gasteiger partial charge in [-0.1, -0.05) is 3.89 Å². The summed E-state index contributed by atoms with van der Waals surface area (Å²) in [5, 5.41) is 8.88. The summed E-state index contributed by atoms with van der Waals surface area (Å²) in [6, 6.07) is 1.09. The molecule has 1 atom stereocenters. The van der Waals surface area contributed by atoms with E-state index in [1.54, 1.807) is 0 Å². The predicted octanol–water partition coefficient (Wildman–Crippen LogP) is 0.191. The van der Waals surface area contributed by atoms with E-state index in [0.29, 0.717) is 15.3 Å². The standard InChI is InChI=1S/C8H10BrFN4O3S/c9-7-3-6(12-13-7)8(15)11-5-1-2-14(4-5)18(10,16)17/h3,5H,1-2,4H2,(H,11,15)(H,12,13). The van der Waals surface area contributed by atoms with Gasteiger partial charge < -0.3 is 5.32 Å². The van der Waals surface area contributed by atoms with Crippen LogP contribution in [-0.4, -0.2) is 48.0 Å². The molecular weight excluding hydrogens is 331 g/mol. The number of H-pyrrole nitrogens is 1. The third kappa shape index (κ3) is 3.06. The zero-order chi connectivity index (χ0) is 13.3. The Balaban J connectivity index is 1.94. The van der Waals surface area contributed by atoms with E-state index in [1.807, 2.05) is 0 Å². The Morgan fingerprint density at radius 3 is 2.89 bits per heavy atom. The number of amides is 1. The molecule has 1 aliphatic rings. The average Bonchev–Trinajstić information content (AvgIpc) is 2.85. The molecule has 2 N–H and O–H groups in total. The molecule has 0 aromatic carbocycles. The van der Waals surface area contributed by atoms with Gasteiger partial charge in [0, 0.05) is 25.2 Å². The number of nitrogens with one attached hydrogen (secondary N) is 2. The topological polar surface area (TPSA) is 95.2 Å². The van der Waals surface area contributed by atoms with Gasteiger partial charge in [-0.2, -0.15) is 17.8 Å². The molecule has 1 amide bonds. The molecule has 0 radical (unpaired) electrons. The van der Waals surface area contributed by atoms with Crippen molar-refractivity contribution in [1.29, 1.82) is 0 Å². The zero-order valence-electron chi connectivity index (χ0n) is 9.06. The Morgan fingerprint density at radius 1 is 1.67 bits per heavy atom. The predicted molar refractivity (Wildman–Crippen MR) is 63.8 cm³/mol. The summed E-state index contributed by atoms with van der Waals surface area (Å²) in [5.41, 5.74) is 0.184. The minimum atomic E-state index is -4.68. The second kappa shape index (κ2) is 4.94. The highest BCUT2D eigenvalue weighted by Gasteiger charge is 2.32. The second-order valence-electron chi connectivity index (χ2n) is 3.86. The molecule has 100 valence electrons. The first-order chi connectivity index (χ1) is 8.36. The fraction of sp³-hybridized carbons (Fsp3) is 0.500. The van der Waals surface area contributed by atoms with Crippen LogP contribution in [-0.2, 0) is 10.4 Å². The van der Waals surface area contributed by atoms with Gasteiger partial charge in [0.05, 0.1) is 0 Å². The van der Waals surface area contributed by atoms with E-state index < -0.39 is 22.4 Å². The molecule has 1 saturated heterocycles. The lowest BCUT2D eigenvalue weighted by Gasteiger charge is -2.11.